The Morgan fingerprint density at radius 1 is 1.15 bits per heavy atom. The van der Waals surface area contributed by atoms with Crippen molar-refractivity contribution in [3.8, 4) is 5.75 Å². The predicted octanol–water partition coefficient (Wildman–Crippen LogP) is 2.83. The molecule has 1 aromatic carbocycles. The fourth-order valence-electron chi connectivity index (χ4n) is 5.74. The maximum Gasteiger partial charge on any atom is 0.301 e. The maximum absolute atomic E-state index is 13.3. The summed E-state index contributed by atoms with van der Waals surface area (Å²) < 4.78 is 18.7. The maximum atomic E-state index is 13.3. The number of ether oxygens (including phenoxy) is 1. The molecule has 4 aliphatic rings. The van der Waals surface area contributed by atoms with Crippen LogP contribution in [0.25, 0.3) is 0 Å². The van der Waals surface area contributed by atoms with Gasteiger partial charge >= 0.3 is 5.91 Å². The molecule has 2 saturated heterocycles. The number of methoxy groups -OCH3 is 1. The molecule has 0 bridgehead atoms. The van der Waals surface area contributed by atoms with Gasteiger partial charge in [-0.3, -0.25) is 14.5 Å². The number of carbonyl (C=O) groups is 2. The Balaban J connectivity index is 1.22. The second-order valence-corrected chi connectivity index (χ2v) is 12.4. The molecule has 2 aromatic rings. The standard InChI is InChI=1S/C28H32FN7O3S2/c1-39-22-5-3-19(4-6-22)13-21-14-23-28(7-10-34(21)8-2-9-35-11-12-40-26(38)25(35)37)15-24(33-36(28)18-41-23)32-27-30-16-20(29)17-31-27/h3-6,14-17,21,33H,2,7-13,18H2,1H3,(H,30,31,32). The second kappa shape index (κ2) is 12.0. The average Bonchev–Trinajstić information content (AvgIpc) is 3.44. The molecule has 6 rings (SSSR count). The highest BCUT2D eigenvalue weighted by molar-refractivity contribution is 8.15. The van der Waals surface area contributed by atoms with E-state index >= 15 is 0 Å². The van der Waals surface area contributed by atoms with Crippen LogP contribution in [-0.4, -0.2) is 92.3 Å². The van der Waals surface area contributed by atoms with Gasteiger partial charge in [0.1, 0.15) is 11.6 Å². The third-order valence-electron chi connectivity index (χ3n) is 7.89. The molecule has 0 aliphatic carbocycles. The van der Waals surface area contributed by atoms with E-state index in [1.54, 1.807) is 12.0 Å². The number of amides is 1. The number of nitrogens with zero attached hydrogens (tertiary/aromatic N) is 5. The molecule has 41 heavy (non-hydrogen) atoms. The predicted molar refractivity (Wildman–Crippen MR) is 157 cm³/mol. The molecule has 2 unspecified atom stereocenters. The van der Waals surface area contributed by atoms with Crippen molar-refractivity contribution in [2.45, 2.75) is 30.8 Å². The number of nitrogens with one attached hydrogen (secondary N) is 2. The van der Waals surface area contributed by atoms with Crippen LogP contribution in [0.5, 0.6) is 5.75 Å². The third kappa shape index (κ3) is 5.94. The lowest BCUT2D eigenvalue weighted by Crippen LogP contribution is -2.47. The number of anilines is 1. The van der Waals surface area contributed by atoms with E-state index in [0.717, 1.165) is 74.0 Å². The van der Waals surface area contributed by atoms with E-state index < -0.39 is 5.82 Å². The lowest BCUT2D eigenvalue weighted by molar-refractivity contribution is -0.140. The molecule has 2 atom stereocenters. The van der Waals surface area contributed by atoms with Gasteiger partial charge in [-0.05, 0) is 43.0 Å². The Labute approximate surface area is 246 Å². The fraction of sp³-hybridized carbons (Fsp3) is 0.429. The lowest BCUT2D eigenvalue weighted by Gasteiger charge is -2.32. The zero-order valence-electron chi connectivity index (χ0n) is 22.7. The molecule has 1 spiro atoms. The Hall–Kier alpha value is -3.13. The van der Waals surface area contributed by atoms with Crippen molar-refractivity contribution in [1.29, 1.82) is 0 Å². The van der Waals surface area contributed by atoms with Gasteiger partial charge in [0.25, 0.3) is 5.12 Å². The zero-order valence-corrected chi connectivity index (χ0v) is 24.3. The minimum Gasteiger partial charge on any atom is -0.497 e. The van der Waals surface area contributed by atoms with Crippen LogP contribution in [-0.2, 0) is 16.0 Å². The SMILES string of the molecule is COc1ccc(CC2C=C3SCN4NC(Nc5ncc(F)cn5)=CC34CCN2CCCN2CCSC(=O)C2=O)cc1. The summed E-state index contributed by atoms with van der Waals surface area (Å²) in [6.07, 6.45) is 9.37. The molecule has 2 fully saturated rings. The van der Waals surface area contributed by atoms with E-state index in [2.05, 4.69) is 54.9 Å². The van der Waals surface area contributed by atoms with Gasteiger partial charge in [0.15, 0.2) is 5.82 Å². The van der Waals surface area contributed by atoms with Gasteiger partial charge in [-0.2, -0.15) is 5.01 Å². The zero-order chi connectivity index (χ0) is 28.4. The first-order valence-electron chi connectivity index (χ1n) is 13.6. The minimum atomic E-state index is -0.480. The molecule has 10 nitrogen and oxygen atoms in total. The summed E-state index contributed by atoms with van der Waals surface area (Å²) >= 11 is 2.95. The van der Waals surface area contributed by atoms with Crippen molar-refractivity contribution in [2.24, 2.45) is 0 Å². The van der Waals surface area contributed by atoms with Crippen LogP contribution in [0.1, 0.15) is 18.4 Å². The van der Waals surface area contributed by atoms with E-state index in [1.807, 2.05) is 23.9 Å². The lowest BCUT2D eigenvalue weighted by atomic mass is 9.94. The number of halogens is 1. The Morgan fingerprint density at radius 2 is 1.95 bits per heavy atom. The summed E-state index contributed by atoms with van der Waals surface area (Å²) in [6, 6.07) is 8.37. The van der Waals surface area contributed by atoms with Crippen molar-refractivity contribution in [3.05, 3.63) is 70.9 Å². The van der Waals surface area contributed by atoms with Crippen molar-refractivity contribution < 1.29 is 18.7 Å². The smallest absolute Gasteiger partial charge is 0.301 e. The highest BCUT2D eigenvalue weighted by Gasteiger charge is 2.50. The fourth-order valence-corrected chi connectivity index (χ4v) is 7.82. The summed E-state index contributed by atoms with van der Waals surface area (Å²) in [7, 11) is 1.67. The van der Waals surface area contributed by atoms with Gasteiger partial charge in [0.05, 0.1) is 30.9 Å². The summed E-state index contributed by atoms with van der Waals surface area (Å²) in [5, 5.41) is 5.07. The van der Waals surface area contributed by atoms with Gasteiger partial charge in [0.2, 0.25) is 5.95 Å². The highest BCUT2D eigenvalue weighted by Crippen LogP contribution is 2.49. The van der Waals surface area contributed by atoms with Gasteiger partial charge in [-0.15, -0.1) is 11.8 Å². The first kappa shape index (κ1) is 28.0. The first-order chi connectivity index (χ1) is 19.9. The van der Waals surface area contributed by atoms with Crippen molar-refractivity contribution in [1.82, 2.24) is 30.2 Å². The van der Waals surface area contributed by atoms with Gasteiger partial charge in [0, 0.05) is 42.9 Å². The summed E-state index contributed by atoms with van der Waals surface area (Å²) in [5.41, 5.74) is 4.37. The molecule has 1 amide bonds. The molecule has 5 heterocycles. The number of rotatable bonds is 9. The van der Waals surface area contributed by atoms with Crippen LogP contribution in [0.3, 0.4) is 0 Å². The quantitative estimate of drug-likeness (QED) is 0.417. The van der Waals surface area contributed by atoms with E-state index in [9.17, 15) is 14.0 Å². The van der Waals surface area contributed by atoms with Crippen molar-refractivity contribution in [2.75, 3.05) is 50.2 Å². The summed E-state index contributed by atoms with van der Waals surface area (Å²) in [4.78, 5) is 37.8. The number of benzene rings is 1. The van der Waals surface area contributed by atoms with E-state index in [4.69, 9.17) is 4.74 Å². The Kier molecular flexibility index (Phi) is 8.20. The molecule has 1 aromatic heterocycles. The van der Waals surface area contributed by atoms with Crippen LogP contribution in [0, 0.1) is 5.82 Å². The monoisotopic (exact) mass is 597 g/mol. The minimum absolute atomic E-state index is 0.158. The molecule has 0 saturated carbocycles. The van der Waals surface area contributed by atoms with Crippen molar-refractivity contribution >= 4 is 40.5 Å². The van der Waals surface area contributed by atoms with E-state index in [-0.39, 0.29) is 22.6 Å². The number of hydrogen-bond acceptors (Lipinski definition) is 11. The van der Waals surface area contributed by atoms with Crippen LogP contribution >= 0.6 is 23.5 Å². The molecule has 0 radical (unpaired) electrons. The average molecular weight is 598 g/mol. The Bertz CT molecular complexity index is 1360. The molecule has 2 N–H and O–H groups in total. The molecular formula is C28H32FN7O3S2. The topological polar surface area (TPSA) is 103 Å². The second-order valence-electron chi connectivity index (χ2n) is 10.4. The van der Waals surface area contributed by atoms with Crippen LogP contribution in [0.4, 0.5) is 10.3 Å². The Morgan fingerprint density at radius 3 is 2.73 bits per heavy atom. The van der Waals surface area contributed by atoms with Crippen LogP contribution < -0.4 is 15.5 Å². The molecule has 216 valence electrons. The van der Waals surface area contributed by atoms with E-state index in [1.165, 1.54) is 10.5 Å². The number of hydrogen-bond donors (Lipinski definition) is 2. The molecule has 13 heteroatoms. The number of aromatic nitrogens is 2. The van der Waals surface area contributed by atoms with E-state index in [0.29, 0.717) is 24.8 Å². The van der Waals surface area contributed by atoms with Gasteiger partial charge in [-0.25, -0.2) is 14.4 Å². The largest absolute Gasteiger partial charge is 0.497 e. The highest BCUT2D eigenvalue weighted by atomic mass is 32.2. The molecular weight excluding hydrogens is 565 g/mol. The summed E-state index contributed by atoms with van der Waals surface area (Å²) in [5.74, 6) is 2.53. The first-order valence-corrected chi connectivity index (χ1v) is 15.6. The van der Waals surface area contributed by atoms with Gasteiger partial charge < -0.3 is 20.4 Å². The number of thioether (sulfide) groups is 2. The number of hydrazine groups is 1. The van der Waals surface area contributed by atoms with Crippen molar-refractivity contribution in [3.63, 3.8) is 0 Å². The summed E-state index contributed by atoms with van der Waals surface area (Å²) in [6.45, 7) is 2.85. The van der Waals surface area contributed by atoms with Crippen LogP contribution in [0.15, 0.2) is 59.5 Å². The third-order valence-corrected chi connectivity index (χ3v) is 9.90. The molecule has 4 aliphatic heterocycles. The normalized spacial score (nSPS) is 24.7. The van der Waals surface area contributed by atoms with Gasteiger partial charge in [-0.1, -0.05) is 30.0 Å². The van der Waals surface area contributed by atoms with Crippen LogP contribution in [0.2, 0.25) is 0 Å². The number of carbonyl (C=O) groups excluding carboxylic acids is 2.